The van der Waals surface area contributed by atoms with Crippen molar-refractivity contribution in [1.82, 2.24) is 4.90 Å². The summed E-state index contributed by atoms with van der Waals surface area (Å²) in [5, 5.41) is 1.17. The molecule has 0 aromatic carbocycles. The third-order valence-corrected chi connectivity index (χ3v) is 5.68. The number of likely N-dealkylation sites (tertiary alicyclic amines) is 1. The van der Waals surface area contributed by atoms with Gasteiger partial charge in [0.15, 0.2) is 0 Å². The highest BCUT2D eigenvalue weighted by Crippen LogP contribution is 2.51. The molecule has 1 saturated heterocycles. The first kappa shape index (κ1) is 10.6. The number of alkyl halides is 1. The van der Waals surface area contributed by atoms with Crippen molar-refractivity contribution < 1.29 is 0 Å². The molecular formula is C13H22BrN. The summed E-state index contributed by atoms with van der Waals surface area (Å²) in [6.07, 6.45) is 7.54. The minimum absolute atomic E-state index is 1.09. The van der Waals surface area contributed by atoms with Crippen LogP contribution in [0.15, 0.2) is 0 Å². The molecule has 4 aliphatic rings. The fourth-order valence-electron chi connectivity index (χ4n) is 4.41. The molecule has 1 nitrogen and oxygen atoms in total. The van der Waals surface area contributed by atoms with E-state index in [2.05, 4.69) is 20.8 Å². The summed E-state index contributed by atoms with van der Waals surface area (Å²) < 4.78 is 0. The average Bonchev–Trinajstić information content (AvgIpc) is 2.73. The molecule has 0 spiro atoms. The van der Waals surface area contributed by atoms with Gasteiger partial charge in [0.1, 0.15) is 0 Å². The molecule has 2 heteroatoms. The molecule has 15 heavy (non-hydrogen) atoms. The van der Waals surface area contributed by atoms with Gasteiger partial charge in [0, 0.05) is 18.4 Å². The van der Waals surface area contributed by atoms with E-state index in [9.17, 15) is 0 Å². The van der Waals surface area contributed by atoms with E-state index in [4.69, 9.17) is 0 Å². The largest absolute Gasteiger partial charge is 0.303 e. The van der Waals surface area contributed by atoms with E-state index in [0.717, 1.165) is 23.7 Å². The number of halogens is 1. The second kappa shape index (κ2) is 4.37. The van der Waals surface area contributed by atoms with E-state index in [1.54, 1.807) is 25.7 Å². The van der Waals surface area contributed by atoms with Crippen LogP contribution in [0.3, 0.4) is 0 Å². The van der Waals surface area contributed by atoms with Gasteiger partial charge in [-0.1, -0.05) is 15.9 Å². The predicted octanol–water partition coefficient (Wildman–Crippen LogP) is 3.14. The third-order valence-electron chi connectivity index (χ3n) is 5.12. The molecule has 3 saturated carbocycles. The zero-order chi connectivity index (χ0) is 10.3. The standard InChI is InChI=1S/C13H22BrN/c14-6-1-7-15-8-12-10-2-3-11(5-4-10)13(12)9-15/h10-13H,1-9H2. The maximum Gasteiger partial charge on any atom is 0.00434 e. The molecule has 1 heterocycles. The molecule has 4 rings (SSSR count). The molecule has 2 bridgehead atoms. The van der Waals surface area contributed by atoms with Gasteiger partial charge in [0.05, 0.1) is 0 Å². The predicted molar refractivity (Wildman–Crippen MR) is 67.3 cm³/mol. The third kappa shape index (κ3) is 1.88. The molecule has 0 amide bonds. The average molecular weight is 272 g/mol. The molecule has 2 unspecified atom stereocenters. The summed E-state index contributed by atoms with van der Waals surface area (Å²) in [5.41, 5.74) is 0. The summed E-state index contributed by atoms with van der Waals surface area (Å²) >= 11 is 3.54. The van der Waals surface area contributed by atoms with Crippen molar-refractivity contribution in [3.8, 4) is 0 Å². The van der Waals surface area contributed by atoms with Gasteiger partial charge >= 0.3 is 0 Å². The highest BCUT2D eigenvalue weighted by Gasteiger charge is 2.47. The molecular weight excluding hydrogens is 250 g/mol. The van der Waals surface area contributed by atoms with Gasteiger partial charge in [0.2, 0.25) is 0 Å². The Morgan fingerprint density at radius 2 is 1.47 bits per heavy atom. The van der Waals surface area contributed by atoms with Crippen LogP contribution < -0.4 is 0 Å². The van der Waals surface area contributed by atoms with Crippen LogP contribution >= 0.6 is 15.9 Å². The second-order valence-corrected chi connectivity index (χ2v) is 6.60. The van der Waals surface area contributed by atoms with Crippen LogP contribution in [0.25, 0.3) is 0 Å². The number of rotatable bonds is 3. The topological polar surface area (TPSA) is 3.24 Å². The highest BCUT2D eigenvalue weighted by molar-refractivity contribution is 9.09. The Kier molecular flexibility index (Phi) is 3.08. The van der Waals surface area contributed by atoms with Crippen molar-refractivity contribution in [2.75, 3.05) is 25.0 Å². The minimum atomic E-state index is 1.09. The van der Waals surface area contributed by atoms with Gasteiger partial charge in [-0.2, -0.15) is 0 Å². The van der Waals surface area contributed by atoms with Crippen LogP contribution in [-0.2, 0) is 0 Å². The Hall–Kier alpha value is 0.440. The van der Waals surface area contributed by atoms with Gasteiger partial charge in [-0.05, 0) is 62.3 Å². The monoisotopic (exact) mass is 271 g/mol. The summed E-state index contributed by atoms with van der Waals surface area (Å²) in [7, 11) is 0. The first-order valence-electron chi connectivity index (χ1n) is 6.67. The van der Waals surface area contributed by atoms with E-state index in [-0.39, 0.29) is 0 Å². The number of fused-ring (bicyclic) bond motifs is 2. The van der Waals surface area contributed by atoms with Crippen LogP contribution in [0.5, 0.6) is 0 Å². The smallest absolute Gasteiger partial charge is 0.00434 e. The van der Waals surface area contributed by atoms with Crippen LogP contribution in [0.2, 0.25) is 0 Å². The lowest BCUT2D eigenvalue weighted by Crippen LogP contribution is -2.38. The SMILES string of the molecule is BrCCCN1CC2C3CCC(CC3)C2C1. The van der Waals surface area contributed by atoms with Gasteiger partial charge in [-0.3, -0.25) is 0 Å². The van der Waals surface area contributed by atoms with Crippen LogP contribution in [-0.4, -0.2) is 29.9 Å². The highest BCUT2D eigenvalue weighted by atomic mass is 79.9. The number of hydrogen-bond acceptors (Lipinski definition) is 1. The van der Waals surface area contributed by atoms with Crippen molar-refractivity contribution in [3.63, 3.8) is 0 Å². The Bertz CT molecular complexity index is 203. The Morgan fingerprint density at radius 3 is 1.93 bits per heavy atom. The molecule has 0 aromatic heterocycles. The lowest BCUT2D eigenvalue weighted by Gasteiger charge is -2.45. The molecule has 0 radical (unpaired) electrons. The van der Waals surface area contributed by atoms with E-state index < -0.39 is 0 Å². The van der Waals surface area contributed by atoms with Gasteiger partial charge in [-0.25, -0.2) is 0 Å². The summed E-state index contributed by atoms with van der Waals surface area (Å²) in [6.45, 7) is 4.19. The summed E-state index contributed by atoms with van der Waals surface area (Å²) in [4.78, 5) is 2.74. The van der Waals surface area contributed by atoms with Crippen molar-refractivity contribution in [3.05, 3.63) is 0 Å². The maximum atomic E-state index is 3.54. The molecule has 1 aliphatic heterocycles. The van der Waals surface area contributed by atoms with Gasteiger partial charge in [0.25, 0.3) is 0 Å². The Morgan fingerprint density at radius 1 is 0.933 bits per heavy atom. The summed E-state index contributed by atoms with van der Waals surface area (Å²) in [6, 6.07) is 0. The fourth-order valence-corrected chi connectivity index (χ4v) is 4.66. The molecule has 0 aromatic rings. The van der Waals surface area contributed by atoms with E-state index in [1.165, 1.54) is 31.4 Å². The quantitative estimate of drug-likeness (QED) is 0.713. The van der Waals surface area contributed by atoms with Crippen molar-refractivity contribution >= 4 is 15.9 Å². The lowest BCUT2D eigenvalue weighted by molar-refractivity contribution is 0.0577. The number of hydrogen-bond donors (Lipinski definition) is 0. The second-order valence-electron chi connectivity index (χ2n) is 5.80. The van der Waals surface area contributed by atoms with E-state index in [0.29, 0.717) is 0 Å². The Balaban J connectivity index is 1.63. The van der Waals surface area contributed by atoms with Crippen molar-refractivity contribution in [2.45, 2.75) is 32.1 Å². The Labute approximate surface area is 102 Å². The zero-order valence-electron chi connectivity index (χ0n) is 9.50. The normalized spacial score (nSPS) is 44.6. The minimum Gasteiger partial charge on any atom is -0.303 e. The van der Waals surface area contributed by atoms with Gasteiger partial charge < -0.3 is 4.90 Å². The summed E-state index contributed by atoms with van der Waals surface area (Å²) in [5.74, 6) is 4.39. The van der Waals surface area contributed by atoms with Crippen molar-refractivity contribution in [2.24, 2.45) is 23.7 Å². The van der Waals surface area contributed by atoms with Crippen LogP contribution in [0.1, 0.15) is 32.1 Å². The first-order valence-corrected chi connectivity index (χ1v) is 7.79. The molecule has 2 atom stereocenters. The molecule has 86 valence electrons. The molecule has 4 fully saturated rings. The van der Waals surface area contributed by atoms with E-state index >= 15 is 0 Å². The fraction of sp³-hybridized carbons (Fsp3) is 1.00. The van der Waals surface area contributed by atoms with E-state index in [1.807, 2.05) is 0 Å². The molecule has 0 N–H and O–H groups in total. The van der Waals surface area contributed by atoms with Gasteiger partial charge in [-0.15, -0.1) is 0 Å². The lowest BCUT2D eigenvalue weighted by atomic mass is 9.60. The van der Waals surface area contributed by atoms with Crippen LogP contribution in [0, 0.1) is 23.7 Å². The number of nitrogens with zero attached hydrogens (tertiary/aromatic N) is 1. The van der Waals surface area contributed by atoms with Crippen molar-refractivity contribution in [1.29, 1.82) is 0 Å². The molecule has 3 aliphatic carbocycles. The maximum absolute atomic E-state index is 3.54. The zero-order valence-corrected chi connectivity index (χ0v) is 11.1. The van der Waals surface area contributed by atoms with Crippen LogP contribution in [0.4, 0.5) is 0 Å². The first-order chi connectivity index (χ1) is 7.38.